The van der Waals surface area contributed by atoms with E-state index >= 15 is 0 Å². The Morgan fingerprint density at radius 3 is 2.80 bits per heavy atom. The lowest BCUT2D eigenvalue weighted by molar-refractivity contribution is -0.191. The van der Waals surface area contributed by atoms with Crippen LogP contribution in [0.4, 0.5) is 0 Å². The molecule has 1 aromatic rings. The Balaban J connectivity index is 0.00000225. The van der Waals surface area contributed by atoms with Crippen LogP contribution in [0.25, 0.3) is 0 Å². The Labute approximate surface area is 167 Å². The molecule has 142 valence electrons. The maximum absolute atomic E-state index is 6.21. The Morgan fingerprint density at radius 1 is 1.32 bits per heavy atom. The lowest BCUT2D eigenvalue weighted by Crippen LogP contribution is -2.43. The van der Waals surface area contributed by atoms with Gasteiger partial charge in [0.15, 0.2) is 11.7 Å². The quantitative estimate of drug-likeness (QED) is 0.400. The van der Waals surface area contributed by atoms with Crippen LogP contribution < -0.4 is 10.6 Å². The summed E-state index contributed by atoms with van der Waals surface area (Å²) in [5, 5.41) is 6.62. The summed E-state index contributed by atoms with van der Waals surface area (Å²) >= 11 is 0. The fourth-order valence-electron chi connectivity index (χ4n) is 3.37. The highest BCUT2D eigenvalue weighted by Crippen LogP contribution is 2.39. The molecular formula is C18H30IN3O3. The molecule has 1 aromatic heterocycles. The smallest absolute Gasteiger partial charge is 0.191 e. The summed E-state index contributed by atoms with van der Waals surface area (Å²) in [5.74, 6) is 2.22. The van der Waals surface area contributed by atoms with E-state index in [1.165, 1.54) is 12.8 Å². The zero-order valence-corrected chi connectivity index (χ0v) is 17.5. The van der Waals surface area contributed by atoms with E-state index in [0.29, 0.717) is 13.2 Å². The summed E-state index contributed by atoms with van der Waals surface area (Å²) in [7, 11) is 1.78. The molecule has 1 saturated carbocycles. The van der Waals surface area contributed by atoms with E-state index in [4.69, 9.17) is 13.9 Å². The number of hydrogen-bond acceptors (Lipinski definition) is 4. The molecular weight excluding hydrogens is 433 g/mol. The van der Waals surface area contributed by atoms with E-state index in [1.807, 2.05) is 12.1 Å². The predicted octanol–water partition coefficient (Wildman–Crippen LogP) is 2.93. The van der Waals surface area contributed by atoms with Gasteiger partial charge in [-0.15, -0.1) is 24.0 Å². The molecule has 2 heterocycles. The Kier molecular flexibility index (Phi) is 8.02. The van der Waals surface area contributed by atoms with Gasteiger partial charge in [0.05, 0.1) is 12.9 Å². The highest BCUT2D eigenvalue weighted by Gasteiger charge is 2.43. The van der Waals surface area contributed by atoms with Crippen molar-refractivity contribution in [1.82, 2.24) is 10.6 Å². The molecule has 1 unspecified atom stereocenters. The fourth-order valence-corrected chi connectivity index (χ4v) is 3.37. The lowest BCUT2D eigenvalue weighted by atomic mass is 9.86. The van der Waals surface area contributed by atoms with E-state index in [-0.39, 0.29) is 35.9 Å². The largest absolute Gasteiger partial charge is 0.469 e. The number of furan rings is 1. The van der Waals surface area contributed by atoms with Gasteiger partial charge in [-0.25, -0.2) is 0 Å². The highest BCUT2D eigenvalue weighted by molar-refractivity contribution is 14.0. The van der Waals surface area contributed by atoms with E-state index in [2.05, 4.69) is 22.5 Å². The third-order valence-electron chi connectivity index (χ3n) is 4.91. The Hall–Kier alpha value is -0.800. The van der Waals surface area contributed by atoms with Gasteiger partial charge < -0.3 is 24.5 Å². The Morgan fingerprint density at radius 2 is 2.12 bits per heavy atom. The van der Waals surface area contributed by atoms with Crippen molar-refractivity contribution in [3.8, 4) is 0 Å². The summed E-state index contributed by atoms with van der Waals surface area (Å²) in [6, 6.07) is 3.88. The number of hydrogen-bond donors (Lipinski definition) is 2. The van der Waals surface area contributed by atoms with Crippen molar-refractivity contribution >= 4 is 29.9 Å². The van der Waals surface area contributed by atoms with Crippen LogP contribution in [-0.4, -0.2) is 44.6 Å². The summed E-state index contributed by atoms with van der Waals surface area (Å²) in [5.41, 5.74) is 0. The number of rotatable bonds is 5. The number of nitrogens with zero attached hydrogens (tertiary/aromatic N) is 1. The third kappa shape index (κ3) is 5.86. The molecule has 3 rings (SSSR count). The second-order valence-electron chi connectivity index (χ2n) is 6.85. The van der Waals surface area contributed by atoms with Crippen LogP contribution in [0.5, 0.6) is 0 Å². The molecule has 0 bridgehead atoms. The van der Waals surface area contributed by atoms with E-state index in [0.717, 1.165) is 43.4 Å². The molecule has 2 fully saturated rings. The van der Waals surface area contributed by atoms with Crippen molar-refractivity contribution in [2.75, 3.05) is 26.7 Å². The highest BCUT2D eigenvalue weighted by atomic mass is 127. The van der Waals surface area contributed by atoms with Crippen LogP contribution in [0, 0.1) is 5.92 Å². The molecule has 7 heteroatoms. The van der Waals surface area contributed by atoms with E-state index < -0.39 is 0 Å². The number of nitrogens with one attached hydrogen (secondary N) is 2. The molecule has 0 amide bonds. The molecule has 2 aliphatic rings. The minimum absolute atomic E-state index is 0. The Bertz CT molecular complexity index is 528. The topological polar surface area (TPSA) is 68.0 Å². The van der Waals surface area contributed by atoms with Gasteiger partial charge in [-0.2, -0.15) is 0 Å². The molecule has 0 radical (unpaired) electrons. The number of ether oxygens (including phenoxy) is 2. The first-order valence-electron chi connectivity index (χ1n) is 8.98. The van der Waals surface area contributed by atoms with Gasteiger partial charge in [-0.3, -0.25) is 4.99 Å². The molecule has 6 nitrogen and oxygen atoms in total. The van der Waals surface area contributed by atoms with E-state index in [9.17, 15) is 0 Å². The molecule has 1 aliphatic heterocycles. The van der Waals surface area contributed by atoms with E-state index in [1.54, 1.807) is 13.3 Å². The standard InChI is InChI=1S/C18H29N3O3.HI/c1-14-5-8-18(9-6-14)23-13-16(24-18)12-21-17(19-2)20-10-7-15-4-3-11-22-15;/h3-4,11,14,16H,5-10,12-13H2,1-2H3,(H2,19,20,21);1H. The molecule has 25 heavy (non-hydrogen) atoms. The zero-order valence-electron chi connectivity index (χ0n) is 15.1. The molecule has 1 saturated heterocycles. The van der Waals surface area contributed by atoms with Crippen LogP contribution in [0.2, 0.25) is 0 Å². The van der Waals surface area contributed by atoms with Gasteiger partial charge in [-0.1, -0.05) is 6.92 Å². The third-order valence-corrected chi connectivity index (χ3v) is 4.91. The molecule has 0 aromatic carbocycles. The molecule has 1 aliphatic carbocycles. The number of aliphatic imine (C=N–C) groups is 1. The maximum Gasteiger partial charge on any atom is 0.191 e. The van der Waals surface area contributed by atoms with Gasteiger partial charge in [0.25, 0.3) is 0 Å². The second kappa shape index (κ2) is 9.78. The first-order chi connectivity index (χ1) is 11.7. The van der Waals surface area contributed by atoms with Gasteiger partial charge in [0.2, 0.25) is 0 Å². The number of halogens is 1. The molecule has 1 atom stereocenters. The van der Waals surface area contributed by atoms with Gasteiger partial charge in [0, 0.05) is 39.4 Å². The fraction of sp³-hybridized carbons (Fsp3) is 0.722. The first-order valence-corrected chi connectivity index (χ1v) is 8.98. The summed E-state index contributed by atoms with van der Waals surface area (Å²) < 4.78 is 17.5. The van der Waals surface area contributed by atoms with Crippen molar-refractivity contribution in [2.45, 2.75) is 50.9 Å². The molecule has 2 N–H and O–H groups in total. The van der Waals surface area contributed by atoms with Crippen LogP contribution in [-0.2, 0) is 15.9 Å². The van der Waals surface area contributed by atoms with Crippen molar-refractivity contribution in [3.63, 3.8) is 0 Å². The SMILES string of the molecule is CN=C(NCCc1ccco1)NCC1COC2(CCC(C)CC2)O1.I. The average Bonchev–Trinajstić information content (AvgIpc) is 3.24. The zero-order chi connectivity index (χ0) is 16.8. The van der Waals surface area contributed by atoms with Crippen LogP contribution in [0.3, 0.4) is 0 Å². The van der Waals surface area contributed by atoms with Gasteiger partial charge in [0.1, 0.15) is 11.9 Å². The normalized spacial score (nSPS) is 29.4. The van der Waals surface area contributed by atoms with Crippen molar-refractivity contribution in [1.29, 1.82) is 0 Å². The predicted molar refractivity (Wildman–Crippen MR) is 108 cm³/mol. The maximum atomic E-state index is 6.21. The summed E-state index contributed by atoms with van der Waals surface area (Å²) in [4.78, 5) is 4.25. The van der Waals surface area contributed by atoms with Crippen molar-refractivity contribution in [3.05, 3.63) is 24.2 Å². The van der Waals surface area contributed by atoms with Crippen LogP contribution in [0.1, 0.15) is 38.4 Å². The van der Waals surface area contributed by atoms with Crippen LogP contribution in [0.15, 0.2) is 27.8 Å². The lowest BCUT2D eigenvalue weighted by Gasteiger charge is -2.34. The van der Waals surface area contributed by atoms with Gasteiger partial charge in [-0.05, 0) is 30.9 Å². The summed E-state index contributed by atoms with van der Waals surface area (Å²) in [6.07, 6.45) is 7.02. The number of guanidine groups is 1. The van der Waals surface area contributed by atoms with Crippen molar-refractivity contribution < 1.29 is 13.9 Å². The molecule has 1 spiro atoms. The minimum Gasteiger partial charge on any atom is -0.469 e. The van der Waals surface area contributed by atoms with Gasteiger partial charge >= 0.3 is 0 Å². The van der Waals surface area contributed by atoms with Crippen molar-refractivity contribution in [2.24, 2.45) is 10.9 Å². The second-order valence-corrected chi connectivity index (χ2v) is 6.85. The van der Waals surface area contributed by atoms with Crippen LogP contribution >= 0.6 is 24.0 Å². The minimum atomic E-state index is -0.324. The first kappa shape index (κ1) is 20.5. The monoisotopic (exact) mass is 463 g/mol. The average molecular weight is 463 g/mol. The summed E-state index contributed by atoms with van der Waals surface area (Å²) in [6.45, 7) is 4.44.